The van der Waals surface area contributed by atoms with Crippen molar-refractivity contribution in [2.75, 3.05) is 0 Å². The van der Waals surface area contributed by atoms with E-state index in [0.717, 1.165) is 30.8 Å². The number of fused-ring (bicyclic) bond motifs is 1. The molecule has 2 aromatic rings. The van der Waals surface area contributed by atoms with Gasteiger partial charge in [0.15, 0.2) is 0 Å². The van der Waals surface area contributed by atoms with Crippen LogP contribution in [0.1, 0.15) is 54.5 Å². The van der Waals surface area contributed by atoms with Gasteiger partial charge in [-0.25, -0.2) is 0 Å². The molecule has 0 fully saturated rings. The van der Waals surface area contributed by atoms with Crippen molar-refractivity contribution in [3.63, 3.8) is 0 Å². The topological polar surface area (TPSA) is 18.5 Å². The van der Waals surface area contributed by atoms with Gasteiger partial charge in [0, 0.05) is 5.56 Å². The second-order valence-electron chi connectivity index (χ2n) is 7.19. The molecule has 1 aliphatic rings. The van der Waals surface area contributed by atoms with E-state index in [1.165, 1.54) is 27.8 Å². The Morgan fingerprint density at radius 3 is 2.42 bits per heavy atom. The Labute approximate surface area is 145 Å². The lowest BCUT2D eigenvalue weighted by molar-refractivity contribution is 0.0598. The van der Waals surface area contributed by atoms with Crippen LogP contribution in [0.4, 0.5) is 0 Å². The van der Waals surface area contributed by atoms with Crippen molar-refractivity contribution in [1.82, 2.24) is 0 Å². The van der Waals surface area contributed by atoms with Gasteiger partial charge < -0.3 is 9.47 Å². The molecule has 128 valence electrons. The predicted molar refractivity (Wildman–Crippen MR) is 99.1 cm³/mol. The van der Waals surface area contributed by atoms with Gasteiger partial charge in [-0.1, -0.05) is 37.3 Å². The Morgan fingerprint density at radius 1 is 1.04 bits per heavy atom. The zero-order valence-electron chi connectivity index (χ0n) is 15.5. The Balaban J connectivity index is 1.94. The van der Waals surface area contributed by atoms with Crippen LogP contribution in [0.25, 0.3) is 0 Å². The Morgan fingerprint density at radius 2 is 1.75 bits per heavy atom. The van der Waals surface area contributed by atoms with Gasteiger partial charge in [0.2, 0.25) is 0 Å². The van der Waals surface area contributed by atoms with Gasteiger partial charge in [0.05, 0.1) is 0 Å². The fraction of sp³-hybridized carbons (Fsp3) is 0.455. The molecule has 2 aromatic carbocycles. The summed E-state index contributed by atoms with van der Waals surface area (Å²) in [5, 5.41) is 0. The third-order valence-electron chi connectivity index (χ3n) is 5.54. The molecule has 0 spiro atoms. The highest BCUT2D eigenvalue weighted by Crippen LogP contribution is 2.44. The van der Waals surface area contributed by atoms with Gasteiger partial charge in [-0.3, -0.25) is 0 Å². The lowest BCUT2D eigenvalue weighted by atomic mass is 9.86. The molecule has 1 heterocycles. The van der Waals surface area contributed by atoms with Crippen LogP contribution in [0.3, 0.4) is 0 Å². The van der Waals surface area contributed by atoms with Crippen LogP contribution >= 0.6 is 0 Å². The minimum absolute atomic E-state index is 0.0386. The highest BCUT2D eigenvalue weighted by molar-refractivity contribution is 5.59. The molecule has 0 aromatic heterocycles. The Kier molecular flexibility index (Phi) is 4.58. The molecule has 2 nitrogen and oxygen atoms in total. The van der Waals surface area contributed by atoms with Crippen molar-refractivity contribution in [3.05, 3.63) is 58.1 Å². The fourth-order valence-electron chi connectivity index (χ4n) is 3.48. The minimum atomic E-state index is -0.0386. The summed E-state index contributed by atoms with van der Waals surface area (Å²) in [5.74, 6) is 2.12. The van der Waals surface area contributed by atoms with Gasteiger partial charge in [-0.15, -0.1) is 0 Å². The molecule has 0 unspecified atom stereocenters. The standard InChI is InChI=1S/C22H28O2/c1-6-22(5)13-12-19-17(4)20(15(2)16(3)21(19)24-22)23-14-18-10-8-7-9-11-18/h7-11H,6,12-14H2,1-5H3/t22-/m0/s1. The summed E-state index contributed by atoms with van der Waals surface area (Å²) < 4.78 is 12.6. The van der Waals surface area contributed by atoms with Gasteiger partial charge in [-0.2, -0.15) is 0 Å². The van der Waals surface area contributed by atoms with Crippen LogP contribution in [0.15, 0.2) is 30.3 Å². The Bertz CT molecular complexity index is 734. The molecule has 0 N–H and O–H groups in total. The van der Waals surface area contributed by atoms with Gasteiger partial charge in [-0.05, 0) is 69.2 Å². The molecular formula is C22H28O2. The molecule has 24 heavy (non-hydrogen) atoms. The van der Waals surface area contributed by atoms with Gasteiger partial charge >= 0.3 is 0 Å². The highest BCUT2D eigenvalue weighted by atomic mass is 16.5. The van der Waals surface area contributed by atoms with E-state index in [1.54, 1.807) is 0 Å². The largest absolute Gasteiger partial charge is 0.488 e. The third-order valence-corrected chi connectivity index (χ3v) is 5.54. The first-order valence-corrected chi connectivity index (χ1v) is 8.93. The highest BCUT2D eigenvalue weighted by Gasteiger charge is 2.33. The van der Waals surface area contributed by atoms with Gasteiger partial charge in [0.25, 0.3) is 0 Å². The smallest absolute Gasteiger partial charge is 0.127 e. The normalized spacial score (nSPS) is 19.5. The van der Waals surface area contributed by atoms with Gasteiger partial charge in [0.1, 0.15) is 23.7 Å². The average Bonchev–Trinajstić information content (AvgIpc) is 2.60. The maximum atomic E-state index is 6.42. The van der Waals surface area contributed by atoms with E-state index in [4.69, 9.17) is 9.47 Å². The maximum Gasteiger partial charge on any atom is 0.127 e. The lowest BCUT2D eigenvalue weighted by Crippen LogP contribution is -2.36. The molecule has 2 heteroatoms. The Hall–Kier alpha value is -1.96. The van der Waals surface area contributed by atoms with Crippen LogP contribution in [0.5, 0.6) is 11.5 Å². The summed E-state index contributed by atoms with van der Waals surface area (Å²) >= 11 is 0. The van der Waals surface area contributed by atoms with Crippen LogP contribution in [0.2, 0.25) is 0 Å². The van der Waals surface area contributed by atoms with E-state index < -0.39 is 0 Å². The summed E-state index contributed by atoms with van der Waals surface area (Å²) in [5.41, 5.74) is 6.14. The van der Waals surface area contributed by atoms with Crippen molar-refractivity contribution in [2.45, 2.75) is 66.1 Å². The fourth-order valence-corrected chi connectivity index (χ4v) is 3.48. The summed E-state index contributed by atoms with van der Waals surface area (Å²) in [7, 11) is 0. The van der Waals surface area contributed by atoms with Crippen molar-refractivity contribution >= 4 is 0 Å². The van der Waals surface area contributed by atoms with E-state index in [2.05, 4.69) is 58.9 Å². The molecule has 0 bridgehead atoms. The number of benzene rings is 2. The molecule has 0 aliphatic carbocycles. The molecule has 3 rings (SSSR count). The number of hydrogen-bond acceptors (Lipinski definition) is 2. The van der Waals surface area contributed by atoms with Crippen molar-refractivity contribution < 1.29 is 9.47 Å². The number of ether oxygens (including phenoxy) is 2. The number of rotatable bonds is 4. The van der Waals surface area contributed by atoms with E-state index in [0.29, 0.717) is 6.61 Å². The molecule has 1 aliphatic heterocycles. The van der Waals surface area contributed by atoms with Crippen LogP contribution in [-0.2, 0) is 13.0 Å². The molecular weight excluding hydrogens is 296 g/mol. The molecule has 0 radical (unpaired) electrons. The first-order chi connectivity index (χ1) is 11.4. The molecule has 0 saturated heterocycles. The minimum Gasteiger partial charge on any atom is -0.488 e. The third kappa shape index (κ3) is 3.02. The molecule has 0 amide bonds. The quantitative estimate of drug-likeness (QED) is 0.720. The monoisotopic (exact) mass is 324 g/mol. The lowest BCUT2D eigenvalue weighted by Gasteiger charge is -2.37. The first kappa shape index (κ1) is 16.9. The van der Waals surface area contributed by atoms with Crippen molar-refractivity contribution in [1.29, 1.82) is 0 Å². The van der Waals surface area contributed by atoms with Crippen LogP contribution in [-0.4, -0.2) is 5.60 Å². The maximum absolute atomic E-state index is 6.42. The van der Waals surface area contributed by atoms with E-state index >= 15 is 0 Å². The van der Waals surface area contributed by atoms with E-state index in [-0.39, 0.29) is 5.60 Å². The molecule has 1 atom stereocenters. The van der Waals surface area contributed by atoms with E-state index in [9.17, 15) is 0 Å². The van der Waals surface area contributed by atoms with Crippen molar-refractivity contribution in [2.24, 2.45) is 0 Å². The zero-order chi connectivity index (χ0) is 17.3. The summed E-state index contributed by atoms with van der Waals surface area (Å²) in [6.45, 7) is 11.5. The van der Waals surface area contributed by atoms with Crippen molar-refractivity contribution in [3.8, 4) is 11.5 Å². The van der Waals surface area contributed by atoms with Crippen LogP contribution in [0, 0.1) is 20.8 Å². The van der Waals surface area contributed by atoms with Crippen LogP contribution < -0.4 is 9.47 Å². The summed E-state index contributed by atoms with van der Waals surface area (Å²) in [6, 6.07) is 10.3. The molecule has 0 saturated carbocycles. The number of hydrogen-bond donors (Lipinski definition) is 0. The van der Waals surface area contributed by atoms with E-state index in [1.807, 2.05) is 6.07 Å². The SMILES string of the molecule is CC[C@@]1(C)CCc2c(C)c(OCc3ccccc3)c(C)c(C)c2O1. The second-order valence-corrected chi connectivity index (χ2v) is 7.19. The summed E-state index contributed by atoms with van der Waals surface area (Å²) in [4.78, 5) is 0. The second kappa shape index (κ2) is 6.51. The summed E-state index contributed by atoms with van der Waals surface area (Å²) in [6.07, 6.45) is 3.17. The average molecular weight is 324 g/mol. The zero-order valence-corrected chi connectivity index (χ0v) is 15.5. The predicted octanol–water partition coefficient (Wildman–Crippen LogP) is 5.68. The first-order valence-electron chi connectivity index (χ1n) is 8.93.